The summed E-state index contributed by atoms with van der Waals surface area (Å²) < 4.78 is 6.91. The fourth-order valence-electron chi connectivity index (χ4n) is 3.32. The van der Waals surface area contributed by atoms with Crippen molar-refractivity contribution >= 4 is 11.6 Å². The number of pyridine rings is 1. The molecular weight excluding hydrogens is 344 g/mol. The van der Waals surface area contributed by atoms with Gasteiger partial charge < -0.3 is 10.1 Å². The molecule has 2 aromatic heterocycles. The Balaban J connectivity index is 1.51. The van der Waals surface area contributed by atoms with Gasteiger partial charge in [0.1, 0.15) is 0 Å². The summed E-state index contributed by atoms with van der Waals surface area (Å²) in [5.41, 5.74) is 2.01. The third-order valence-electron chi connectivity index (χ3n) is 4.81. The number of fused-ring (bicyclic) bond motifs is 1. The number of aromatic nitrogens is 4. The maximum Gasteiger partial charge on any atom is 0.255 e. The maximum atomic E-state index is 12.9. The monoisotopic (exact) mass is 366 g/mol. The van der Waals surface area contributed by atoms with E-state index in [0.717, 1.165) is 44.8 Å². The van der Waals surface area contributed by atoms with Crippen LogP contribution in [0.1, 0.15) is 28.4 Å². The van der Waals surface area contributed by atoms with E-state index >= 15 is 0 Å². The van der Waals surface area contributed by atoms with E-state index in [1.165, 1.54) is 4.52 Å². The van der Waals surface area contributed by atoms with E-state index in [9.17, 15) is 4.79 Å². The second kappa shape index (κ2) is 8.24. The molecule has 1 amide bonds. The Labute approximate surface area is 157 Å². The molecule has 1 aliphatic heterocycles. The van der Waals surface area contributed by atoms with Crippen LogP contribution in [-0.4, -0.2) is 63.7 Å². The Bertz CT molecular complexity index is 891. The molecule has 3 aromatic rings. The van der Waals surface area contributed by atoms with Gasteiger partial charge in [0, 0.05) is 25.8 Å². The lowest BCUT2D eigenvalue weighted by molar-refractivity contribution is 0.0360. The molecule has 0 spiro atoms. The number of nitrogens with one attached hydrogen (secondary N) is 1. The smallest absolute Gasteiger partial charge is 0.255 e. The summed E-state index contributed by atoms with van der Waals surface area (Å²) in [6.45, 7) is 4.30. The molecule has 0 radical (unpaired) electrons. The number of morpholine rings is 1. The molecule has 0 saturated carbocycles. The van der Waals surface area contributed by atoms with Crippen molar-refractivity contribution in [2.24, 2.45) is 0 Å². The van der Waals surface area contributed by atoms with Crippen LogP contribution < -0.4 is 5.32 Å². The number of rotatable bonds is 6. The highest BCUT2D eigenvalue weighted by molar-refractivity contribution is 5.99. The fraction of sp³-hybridized carbons (Fsp3) is 0.368. The van der Waals surface area contributed by atoms with E-state index in [-0.39, 0.29) is 11.9 Å². The zero-order valence-corrected chi connectivity index (χ0v) is 15.0. The maximum absolute atomic E-state index is 12.9. The van der Waals surface area contributed by atoms with Crippen molar-refractivity contribution in [1.29, 1.82) is 0 Å². The molecule has 1 aromatic carbocycles. The van der Waals surface area contributed by atoms with Crippen molar-refractivity contribution in [3.8, 4) is 0 Å². The van der Waals surface area contributed by atoms with Crippen LogP contribution in [0.3, 0.4) is 0 Å². The van der Waals surface area contributed by atoms with Crippen LogP contribution in [0.2, 0.25) is 0 Å². The second-order valence-corrected chi connectivity index (χ2v) is 6.55. The molecule has 0 aliphatic carbocycles. The molecule has 27 heavy (non-hydrogen) atoms. The van der Waals surface area contributed by atoms with Crippen LogP contribution in [-0.2, 0) is 4.74 Å². The molecular formula is C19H22N6O2. The first-order chi connectivity index (χ1) is 13.3. The number of hydrogen-bond donors (Lipinski definition) is 1. The topological polar surface area (TPSA) is 84.7 Å². The number of carbonyl (C=O) groups excluding carboxylic acids is 1. The minimum absolute atomic E-state index is 0.0855. The van der Waals surface area contributed by atoms with Gasteiger partial charge in [-0.3, -0.25) is 9.69 Å². The zero-order valence-electron chi connectivity index (χ0n) is 15.0. The largest absolute Gasteiger partial charge is 0.379 e. The molecule has 8 heteroatoms. The third-order valence-corrected chi connectivity index (χ3v) is 4.81. The summed E-state index contributed by atoms with van der Waals surface area (Å²) in [6, 6.07) is 13.5. The molecule has 1 N–H and O–H groups in total. The third kappa shape index (κ3) is 4.12. The molecule has 1 unspecified atom stereocenters. The minimum Gasteiger partial charge on any atom is -0.379 e. The summed E-state index contributed by atoms with van der Waals surface area (Å²) >= 11 is 0. The van der Waals surface area contributed by atoms with Crippen molar-refractivity contribution in [1.82, 2.24) is 30.3 Å². The van der Waals surface area contributed by atoms with E-state index in [0.29, 0.717) is 11.2 Å². The molecule has 0 bridgehead atoms. The van der Waals surface area contributed by atoms with Crippen molar-refractivity contribution in [3.63, 3.8) is 0 Å². The quantitative estimate of drug-likeness (QED) is 0.708. The van der Waals surface area contributed by atoms with Crippen molar-refractivity contribution in [3.05, 3.63) is 59.8 Å². The van der Waals surface area contributed by atoms with Gasteiger partial charge in [-0.25, -0.2) is 0 Å². The van der Waals surface area contributed by atoms with Gasteiger partial charge in [0.05, 0.1) is 24.8 Å². The van der Waals surface area contributed by atoms with Gasteiger partial charge in [-0.1, -0.05) is 30.3 Å². The standard InChI is InChI=1S/C19H22N6O2/c26-19(16-7-4-9-25-18(16)21-22-23-25)20-17(15-5-2-1-3-6-15)8-10-24-11-13-27-14-12-24/h1-7,9,17H,8,10-14H2,(H,20,26). The Kier molecular flexibility index (Phi) is 5.36. The molecule has 140 valence electrons. The number of nitrogens with zero attached hydrogens (tertiary/aromatic N) is 5. The lowest BCUT2D eigenvalue weighted by Crippen LogP contribution is -2.39. The summed E-state index contributed by atoms with van der Waals surface area (Å²) in [7, 11) is 0. The number of carbonyl (C=O) groups is 1. The summed E-state index contributed by atoms with van der Waals surface area (Å²) in [5.74, 6) is -0.175. The molecule has 1 saturated heterocycles. The first-order valence-corrected chi connectivity index (χ1v) is 9.14. The summed E-state index contributed by atoms with van der Waals surface area (Å²) in [6.07, 6.45) is 2.54. The Morgan fingerprint density at radius 2 is 1.96 bits per heavy atom. The van der Waals surface area contributed by atoms with Gasteiger partial charge in [-0.15, -0.1) is 5.10 Å². The summed E-state index contributed by atoms with van der Waals surface area (Å²) in [4.78, 5) is 15.3. The van der Waals surface area contributed by atoms with Crippen LogP contribution in [0, 0.1) is 0 Å². The zero-order chi connectivity index (χ0) is 18.5. The van der Waals surface area contributed by atoms with Gasteiger partial charge in [0.15, 0.2) is 5.65 Å². The summed E-state index contributed by atoms with van der Waals surface area (Å²) in [5, 5.41) is 14.6. The lowest BCUT2D eigenvalue weighted by atomic mass is 10.0. The molecule has 4 rings (SSSR count). The van der Waals surface area contributed by atoms with Crippen LogP contribution in [0.15, 0.2) is 48.7 Å². The molecule has 1 fully saturated rings. The van der Waals surface area contributed by atoms with Gasteiger partial charge >= 0.3 is 0 Å². The van der Waals surface area contributed by atoms with Crippen LogP contribution in [0.4, 0.5) is 0 Å². The normalized spacial score (nSPS) is 16.3. The lowest BCUT2D eigenvalue weighted by Gasteiger charge is -2.28. The van der Waals surface area contributed by atoms with Crippen LogP contribution >= 0.6 is 0 Å². The van der Waals surface area contributed by atoms with E-state index in [4.69, 9.17) is 4.74 Å². The van der Waals surface area contributed by atoms with Gasteiger partial charge in [-0.2, -0.15) is 4.52 Å². The molecule has 1 atom stereocenters. The number of ether oxygens (including phenoxy) is 1. The van der Waals surface area contributed by atoms with Gasteiger partial charge in [0.2, 0.25) is 0 Å². The molecule has 3 heterocycles. The number of amides is 1. The van der Waals surface area contributed by atoms with Crippen molar-refractivity contribution in [2.45, 2.75) is 12.5 Å². The highest BCUT2D eigenvalue weighted by atomic mass is 16.5. The first kappa shape index (κ1) is 17.6. The predicted octanol–water partition coefficient (Wildman–Crippen LogP) is 1.32. The fourth-order valence-corrected chi connectivity index (χ4v) is 3.32. The molecule has 8 nitrogen and oxygen atoms in total. The van der Waals surface area contributed by atoms with Gasteiger partial charge in [-0.05, 0) is 34.5 Å². The van der Waals surface area contributed by atoms with Crippen LogP contribution in [0.25, 0.3) is 5.65 Å². The van der Waals surface area contributed by atoms with Gasteiger partial charge in [0.25, 0.3) is 5.91 Å². The number of tetrazole rings is 1. The van der Waals surface area contributed by atoms with Crippen molar-refractivity contribution in [2.75, 3.05) is 32.8 Å². The first-order valence-electron chi connectivity index (χ1n) is 9.14. The second-order valence-electron chi connectivity index (χ2n) is 6.55. The Morgan fingerprint density at radius 1 is 1.15 bits per heavy atom. The molecule has 1 aliphatic rings. The average molecular weight is 366 g/mol. The van der Waals surface area contributed by atoms with E-state index in [1.807, 2.05) is 30.3 Å². The SMILES string of the molecule is O=C(NC(CCN1CCOCC1)c1ccccc1)c1cccn2nnnc12. The Hall–Kier alpha value is -2.84. The highest BCUT2D eigenvalue weighted by Crippen LogP contribution is 2.19. The van der Waals surface area contributed by atoms with E-state index in [1.54, 1.807) is 18.3 Å². The Morgan fingerprint density at radius 3 is 2.78 bits per heavy atom. The minimum atomic E-state index is -0.175. The average Bonchev–Trinajstić information content (AvgIpc) is 3.21. The number of hydrogen-bond acceptors (Lipinski definition) is 6. The van der Waals surface area contributed by atoms with E-state index < -0.39 is 0 Å². The van der Waals surface area contributed by atoms with Crippen LogP contribution in [0.5, 0.6) is 0 Å². The highest BCUT2D eigenvalue weighted by Gasteiger charge is 2.20. The predicted molar refractivity (Wildman–Crippen MR) is 99.3 cm³/mol. The van der Waals surface area contributed by atoms with E-state index in [2.05, 4.69) is 25.7 Å². The van der Waals surface area contributed by atoms with Crippen molar-refractivity contribution < 1.29 is 9.53 Å². The number of benzene rings is 1.